The Labute approximate surface area is 808 Å². The van der Waals surface area contributed by atoms with E-state index in [1.807, 2.05) is 161 Å². The lowest BCUT2D eigenvalue weighted by Gasteiger charge is -2.16. The van der Waals surface area contributed by atoms with E-state index in [1.165, 1.54) is 81.3 Å². The number of hydrogen-bond acceptors (Lipinski definition) is 16. The number of ether oxygens (including phenoxy) is 6. The summed E-state index contributed by atoms with van der Waals surface area (Å²) in [7, 11) is -4.62. The number of methoxy groups -OCH3 is 1. The minimum atomic E-state index is -3.99. The summed E-state index contributed by atoms with van der Waals surface area (Å²) in [6.07, 6.45) is -1.07. The average molecular weight is 1980 g/mol. The van der Waals surface area contributed by atoms with Gasteiger partial charge in [-0.05, 0) is 275 Å². The van der Waals surface area contributed by atoms with Gasteiger partial charge in [0.05, 0.1) is 30.4 Å². The van der Waals surface area contributed by atoms with Gasteiger partial charge in [-0.3, -0.25) is 8.37 Å². The Morgan fingerprint density at radius 1 is 0.269 bits per heavy atom. The van der Waals surface area contributed by atoms with Gasteiger partial charge < -0.3 is 48.8 Å². The zero-order valence-electron chi connectivity index (χ0n) is 76.5. The molecule has 134 heavy (non-hydrogen) atoms. The van der Waals surface area contributed by atoms with E-state index in [1.54, 1.807) is 89.8 Å². The first kappa shape index (κ1) is 99.9. The minimum absolute atomic E-state index is 0.00587. The molecule has 4 atom stereocenters. The lowest BCUT2D eigenvalue weighted by molar-refractivity contribution is 0.0921. The fourth-order valence-electron chi connectivity index (χ4n) is 13.5. The molecule has 0 fully saturated rings. The predicted octanol–water partition coefficient (Wildman–Crippen LogP) is 27.6. The van der Waals surface area contributed by atoms with Gasteiger partial charge in [0.25, 0.3) is 20.2 Å². The molecule has 0 aliphatic heterocycles. The Morgan fingerprint density at radius 3 is 0.754 bits per heavy atom. The number of aromatic hydroxyl groups is 4. The van der Waals surface area contributed by atoms with Crippen LogP contribution in [0.5, 0.6) is 51.7 Å². The van der Waals surface area contributed by atoms with Crippen LogP contribution in [0.2, 0.25) is 0 Å². The average Bonchev–Trinajstić information content (AvgIpc) is 0.828. The monoisotopic (exact) mass is 1980 g/mol. The van der Waals surface area contributed by atoms with Crippen LogP contribution in [0.4, 0.5) is 0 Å². The number of rotatable bonds is 31. The van der Waals surface area contributed by atoms with Crippen molar-refractivity contribution >= 4 is 61.9 Å². The summed E-state index contributed by atoms with van der Waals surface area (Å²) in [5.74, 6) is 5.12. The normalized spacial score (nSPS) is 11.6. The molecule has 21 heteroatoms. The number of alkyl halides is 2. The first-order valence-electron chi connectivity index (χ1n) is 43.8. The van der Waals surface area contributed by atoms with Crippen molar-refractivity contribution in [3.05, 3.63) is 427 Å². The number of benzene rings is 16. The predicted molar refractivity (Wildman–Crippen MR) is 550 cm³/mol. The highest BCUT2D eigenvalue weighted by molar-refractivity contribution is 9.08. The highest BCUT2D eigenvalue weighted by Gasteiger charge is 2.23. The summed E-state index contributed by atoms with van der Waals surface area (Å²) in [5, 5.41) is 38.9. The Hall–Kier alpha value is -13.1. The smallest absolute Gasteiger partial charge is 0.297 e. The summed E-state index contributed by atoms with van der Waals surface area (Å²) in [6.45, 7) is 12.8. The first-order chi connectivity index (χ1) is 65.3. The van der Waals surface area contributed by atoms with Crippen LogP contribution >= 0.6 is 41.7 Å². The maximum atomic E-state index is 12.2. The largest absolute Gasteiger partial charge is 0.508 e. The third kappa shape index (κ3) is 31.8. The molecule has 0 saturated heterocycles. The lowest BCUT2D eigenvalue weighted by atomic mass is 10.0. The molecule has 0 heterocycles. The van der Waals surface area contributed by atoms with Crippen molar-refractivity contribution in [2.75, 3.05) is 26.9 Å². The van der Waals surface area contributed by atoms with E-state index in [2.05, 4.69) is 197 Å². The molecule has 4 N–H and O–H groups in total. The highest BCUT2D eigenvalue weighted by Crippen LogP contribution is 2.33. The molecule has 16 aromatic rings. The van der Waals surface area contributed by atoms with Crippen molar-refractivity contribution in [3.63, 3.8) is 0 Å². The Morgan fingerprint density at radius 2 is 0.485 bits per heavy atom. The summed E-state index contributed by atoms with van der Waals surface area (Å²) in [4.78, 5) is 0.0121. The van der Waals surface area contributed by atoms with E-state index in [-0.39, 0.29) is 45.0 Å². The SMILES string of the molecule is BrCc1ccc(-c2ccc(CBr)cc2)cc1.CC(COc1ccc(-c2ccc(O)cc2)cc1)Oc1ccc(-c2ccc(O)cc2)cc1.COCC(C)Oc1ccc(-c2ccc(OCc3ccc(-c4ccc(COc5ccc(-c6ccc(C)cc6)cc5)cc4)cc3)cc2)cc1.Cc1ccc(S(=O)(=O)OCC(C)OS(=O)(=O)c2ccc(C)cc2)cc1.Oc1ccc(-c2ccc(O)cc2)cc1.[2H]P. The third-order valence-corrected chi connectivity index (χ3v) is 25.0. The summed E-state index contributed by atoms with van der Waals surface area (Å²) in [6, 6.07) is 124. The standard InChI is InChI=1S/C43H40O4.C27H24O4.C17H20O6S2.C14H12Br2.C12H10O2.H3P/c1-31-4-10-35(11-5-31)38-16-22-41(23-17-38)45-29-33-6-12-36(13-7-33)37-14-8-34(9-15-37)30-46-42-24-18-39(19-25-42)40-20-26-43(27-21-40)47-32(2)28-44-3;1-19(31-27-16-8-23(9-17-27)21-4-12-25(29)13-5-21)18-30-26-14-6-22(7-15-26)20-2-10-24(28)11-3-20;1-13-4-8-16(9-5-13)24(18,19)22-12-15(3)23-25(20,21)17-10-6-14(2)7-11-17;15-9-11-1-5-13(6-2-11)14-7-3-12(10-16)4-8-14;13-11-5-1-9(2-6-11)10-3-7-12(14)8-4-10;/h4-27,32H,28-30H2,1-3H3;2-17,19,28-29H,18H2,1H3;4-11,15H,12H2,1-3H3;1-8H,9-10H2;1-8,13-14H;1H3/i;;;;;1D. The third-order valence-electron chi connectivity index (χ3n) is 21.0. The van der Waals surface area contributed by atoms with Crippen LogP contribution in [0.15, 0.2) is 398 Å². The molecule has 0 saturated carbocycles. The molecule has 0 aliphatic carbocycles. The highest BCUT2D eigenvalue weighted by atomic mass is 79.9. The zero-order valence-corrected chi connectivity index (χ0v) is 81.4. The Balaban J connectivity index is 0.000000173. The topological polar surface area (TPSA) is 223 Å². The zero-order chi connectivity index (χ0) is 96.1. The van der Waals surface area contributed by atoms with Gasteiger partial charge in [0.2, 0.25) is 0 Å². The molecular formula is C113H109Br2O16PS2. The molecule has 0 aliphatic rings. The van der Waals surface area contributed by atoms with Gasteiger partial charge in [-0.15, -0.1) is 0 Å². The maximum absolute atomic E-state index is 12.2. The van der Waals surface area contributed by atoms with Crippen LogP contribution in [0.3, 0.4) is 0 Å². The number of phenolic OH excluding ortho intramolecular Hbond substituents is 4. The molecule has 0 spiro atoms. The van der Waals surface area contributed by atoms with Crippen LogP contribution in [-0.4, -0.2) is 83.8 Å². The van der Waals surface area contributed by atoms with E-state index in [4.69, 9.17) is 48.3 Å². The van der Waals surface area contributed by atoms with Crippen molar-refractivity contribution < 1.29 is 74.0 Å². The quantitative estimate of drug-likeness (QED) is 0.0180. The van der Waals surface area contributed by atoms with Gasteiger partial charge in [0.1, 0.15) is 83.8 Å². The van der Waals surface area contributed by atoms with Crippen LogP contribution in [-0.2, 0) is 57.2 Å². The number of halogens is 2. The number of hydrogen-bond donors (Lipinski definition) is 4. The molecule has 0 amide bonds. The van der Waals surface area contributed by atoms with Crippen LogP contribution in [0.25, 0.3) is 77.9 Å². The van der Waals surface area contributed by atoms with Crippen molar-refractivity contribution in [1.29, 1.82) is 1.28 Å². The van der Waals surface area contributed by atoms with Crippen molar-refractivity contribution in [3.8, 4) is 130 Å². The lowest BCUT2D eigenvalue weighted by Crippen LogP contribution is -2.23. The van der Waals surface area contributed by atoms with Crippen LogP contribution in [0, 0.1) is 20.8 Å². The maximum Gasteiger partial charge on any atom is 0.297 e. The number of aryl methyl sites for hydroxylation is 3. The molecule has 16 aromatic carbocycles. The fraction of sp³-hybridized carbons (Fsp3) is 0.150. The van der Waals surface area contributed by atoms with Crippen molar-refractivity contribution in [2.24, 2.45) is 0 Å². The molecule has 0 radical (unpaired) electrons. The van der Waals surface area contributed by atoms with E-state index in [0.717, 1.165) is 106 Å². The van der Waals surface area contributed by atoms with Gasteiger partial charge in [-0.1, -0.05) is 303 Å². The second-order valence-electron chi connectivity index (χ2n) is 31.7. The molecular weight excluding hydrogens is 1870 g/mol. The summed E-state index contributed by atoms with van der Waals surface area (Å²) in [5.41, 5.74) is 23.7. The van der Waals surface area contributed by atoms with E-state index >= 15 is 0 Å². The van der Waals surface area contributed by atoms with Crippen molar-refractivity contribution in [1.82, 2.24) is 0 Å². The van der Waals surface area contributed by atoms with E-state index in [0.29, 0.717) is 26.4 Å². The Bertz CT molecular complexity index is 6400. The molecule has 4 unspecified atom stereocenters. The second-order valence-corrected chi connectivity index (χ2v) is 36.0. The van der Waals surface area contributed by atoms with Crippen molar-refractivity contribution in [2.45, 2.75) is 93.5 Å². The van der Waals surface area contributed by atoms with E-state index in [9.17, 15) is 27.0 Å². The fourth-order valence-corrected chi connectivity index (χ4v) is 16.3. The first-order valence-corrected chi connectivity index (χ1v) is 48.2. The second kappa shape index (κ2) is 50.7. The van der Waals surface area contributed by atoms with Gasteiger partial charge in [0.15, 0.2) is 0 Å². The molecule has 688 valence electrons. The van der Waals surface area contributed by atoms with Crippen LogP contribution in [0.1, 0.15) is 59.7 Å². The van der Waals surface area contributed by atoms with E-state index < -0.39 is 32.9 Å². The van der Waals surface area contributed by atoms with Crippen LogP contribution < -0.4 is 23.7 Å². The van der Waals surface area contributed by atoms with Gasteiger partial charge in [-0.2, -0.15) is 26.7 Å². The number of phenols is 4. The minimum Gasteiger partial charge on any atom is -0.508 e. The van der Waals surface area contributed by atoms with Gasteiger partial charge in [0, 0.05) is 17.8 Å². The Kier molecular flexibility index (Phi) is 37.8. The molecule has 16 nitrogen and oxygen atoms in total. The van der Waals surface area contributed by atoms with Gasteiger partial charge >= 0.3 is 0 Å². The molecule has 0 aromatic heterocycles. The van der Waals surface area contributed by atoms with Gasteiger partial charge in [-0.25, -0.2) is 0 Å². The molecule has 16 rings (SSSR count). The summed E-state index contributed by atoms with van der Waals surface area (Å²) < 4.78 is 99.0. The summed E-state index contributed by atoms with van der Waals surface area (Å²) >= 11 is 6.90. The molecule has 0 bridgehead atoms.